The predicted molar refractivity (Wildman–Crippen MR) is 438 cm³/mol. The molecule has 0 fully saturated rings. The van der Waals surface area contributed by atoms with Crippen LogP contribution in [0.3, 0.4) is 0 Å². The van der Waals surface area contributed by atoms with Gasteiger partial charge in [-0.2, -0.15) is 0 Å². The third-order valence-electron chi connectivity index (χ3n) is 21.9. The monoisotopic (exact) mass is 1290 g/mol. The minimum absolute atomic E-state index is 1.17. The second-order valence-corrected chi connectivity index (χ2v) is 27.3. The molecule has 2 heteroatoms. The zero-order valence-electron chi connectivity index (χ0n) is 55.7. The second kappa shape index (κ2) is 23.1. The number of fused-ring (bicyclic) bond motifs is 25. The summed E-state index contributed by atoms with van der Waals surface area (Å²) in [5.74, 6) is 0. The smallest absolute Gasteiger partial charge is 0.0547 e. The van der Waals surface area contributed by atoms with Crippen LogP contribution in [0, 0.1) is 0 Å². The highest BCUT2D eigenvalue weighted by Gasteiger charge is 2.21. The normalized spacial score (nSPS) is 11.9. The number of nitrogens with zero attached hydrogens (tertiary/aromatic N) is 2. The summed E-state index contributed by atoms with van der Waals surface area (Å²) >= 11 is 0. The van der Waals surface area contributed by atoms with Crippen LogP contribution in [-0.2, 0) is 0 Å². The molecule has 0 amide bonds. The Labute approximate surface area is 588 Å². The van der Waals surface area contributed by atoms with Gasteiger partial charge in [0.15, 0.2) is 0 Å². The van der Waals surface area contributed by atoms with E-state index in [4.69, 9.17) is 0 Å². The van der Waals surface area contributed by atoms with E-state index in [0.717, 1.165) is 0 Å². The molecule has 0 radical (unpaired) electrons. The summed E-state index contributed by atoms with van der Waals surface area (Å²) in [6.45, 7) is 0. The van der Waals surface area contributed by atoms with Gasteiger partial charge in [-0.05, 0) is 225 Å². The van der Waals surface area contributed by atoms with Gasteiger partial charge in [0.2, 0.25) is 0 Å². The lowest BCUT2D eigenvalue weighted by atomic mass is 9.86. The van der Waals surface area contributed by atoms with E-state index in [-0.39, 0.29) is 0 Å². The fourth-order valence-corrected chi connectivity index (χ4v) is 17.3. The Morgan fingerprint density at radius 1 is 0.137 bits per heavy atom. The summed E-state index contributed by atoms with van der Waals surface area (Å²) in [6, 6.07) is 138. The molecule has 22 aromatic rings. The van der Waals surface area contributed by atoms with E-state index in [9.17, 15) is 0 Å². The number of benzene rings is 20. The highest BCUT2D eigenvalue weighted by molar-refractivity contribution is 6.37. The molecule has 2 nitrogen and oxygen atoms in total. The summed E-state index contributed by atoms with van der Waals surface area (Å²) in [5, 5.41) is 31.0. The number of hydrogen-bond acceptors (Lipinski definition) is 0. The van der Waals surface area contributed by atoms with Gasteiger partial charge in [-0.3, -0.25) is 0 Å². The van der Waals surface area contributed by atoms with Crippen molar-refractivity contribution in [3.63, 3.8) is 0 Å². The van der Waals surface area contributed by atoms with Gasteiger partial charge in [0.25, 0.3) is 0 Å². The SMILES string of the molecule is c1ccc(-n2c3ccccc3c3ccc(-c4ccc(-c5cc6c7ccccc7c7c8ccccc8ccc7c6c6ccccc56)cc4)cc32)cc1.c1ccc(-n2c3ccccc3c3ccc(-c4ccc(-c5cc6c7ccccc7c7cc8ccccc8cc7c6c6ccccc56)cc4)cc32)cc1. The molecule has 22 rings (SSSR count). The van der Waals surface area contributed by atoms with E-state index in [1.165, 1.54) is 207 Å². The van der Waals surface area contributed by atoms with E-state index in [2.05, 4.69) is 385 Å². The van der Waals surface area contributed by atoms with Gasteiger partial charge in [-0.1, -0.05) is 303 Å². The van der Waals surface area contributed by atoms with Crippen molar-refractivity contribution in [3.05, 3.63) is 376 Å². The molecule has 20 aromatic carbocycles. The molecule has 102 heavy (non-hydrogen) atoms. The van der Waals surface area contributed by atoms with Crippen molar-refractivity contribution in [1.82, 2.24) is 9.13 Å². The lowest BCUT2D eigenvalue weighted by molar-refractivity contribution is 1.18. The van der Waals surface area contributed by atoms with Gasteiger partial charge in [0.1, 0.15) is 0 Å². The van der Waals surface area contributed by atoms with Gasteiger partial charge in [0, 0.05) is 32.9 Å². The molecule has 0 spiro atoms. The Morgan fingerprint density at radius 2 is 0.441 bits per heavy atom. The topological polar surface area (TPSA) is 9.86 Å². The molecule has 0 atom stereocenters. The van der Waals surface area contributed by atoms with E-state index < -0.39 is 0 Å². The molecular formula is C100H62N2. The zero-order chi connectivity index (χ0) is 66.9. The van der Waals surface area contributed by atoms with Crippen LogP contribution in [-0.4, -0.2) is 9.13 Å². The molecular weight excluding hydrogens is 1230 g/mol. The molecule has 2 aromatic heterocycles. The Hall–Kier alpha value is -13.4. The molecule has 0 aliphatic heterocycles. The molecule has 0 aliphatic rings. The molecule has 2 heterocycles. The molecule has 472 valence electrons. The minimum Gasteiger partial charge on any atom is -0.309 e. The number of rotatable bonds is 6. The Kier molecular flexibility index (Phi) is 13.1. The van der Waals surface area contributed by atoms with Crippen molar-refractivity contribution in [2.24, 2.45) is 0 Å². The maximum absolute atomic E-state index is 2.44. The number of aromatic nitrogens is 2. The van der Waals surface area contributed by atoms with Crippen molar-refractivity contribution >= 4 is 151 Å². The minimum atomic E-state index is 1.17. The van der Waals surface area contributed by atoms with Crippen molar-refractivity contribution in [2.45, 2.75) is 0 Å². The van der Waals surface area contributed by atoms with Gasteiger partial charge in [-0.25, -0.2) is 0 Å². The average Bonchev–Trinajstić information content (AvgIpc) is 0.872. The molecule has 0 N–H and O–H groups in total. The summed E-state index contributed by atoms with van der Waals surface area (Å²) in [6.07, 6.45) is 0. The maximum Gasteiger partial charge on any atom is 0.0547 e. The summed E-state index contributed by atoms with van der Waals surface area (Å²) < 4.78 is 4.78. The molecule has 0 saturated heterocycles. The highest BCUT2D eigenvalue weighted by Crippen LogP contribution is 2.48. The number of para-hydroxylation sites is 4. The fourth-order valence-electron chi connectivity index (χ4n) is 17.3. The zero-order valence-corrected chi connectivity index (χ0v) is 55.7. The maximum atomic E-state index is 2.44. The van der Waals surface area contributed by atoms with Crippen LogP contribution in [0.15, 0.2) is 376 Å². The van der Waals surface area contributed by atoms with Crippen LogP contribution in [0.4, 0.5) is 0 Å². The molecule has 0 bridgehead atoms. The van der Waals surface area contributed by atoms with E-state index in [1.54, 1.807) is 0 Å². The molecule has 0 aliphatic carbocycles. The van der Waals surface area contributed by atoms with Crippen molar-refractivity contribution in [2.75, 3.05) is 0 Å². The van der Waals surface area contributed by atoms with Crippen LogP contribution in [0.2, 0.25) is 0 Å². The molecule has 0 unspecified atom stereocenters. The first kappa shape index (κ1) is 57.6. The van der Waals surface area contributed by atoms with Crippen LogP contribution in [0.1, 0.15) is 0 Å². The van der Waals surface area contributed by atoms with E-state index in [0.29, 0.717) is 0 Å². The third-order valence-corrected chi connectivity index (χ3v) is 21.9. The Morgan fingerprint density at radius 3 is 0.931 bits per heavy atom. The lowest BCUT2D eigenvalue weighted by Gasteiger charge is -2.17. The van der Waals surface area contributed by atoms with Gasteiger partial charge in [-0.15, -0.1) is 0 Å². The number of hydrogen-bond donors (Lipinski definition) is 0. The van der Waals surface area contributed by atoms with Gasteiger partial charge >= 0.3 is 0 Å². The predicted octanol–water partition coefficient (Wildman–Crippen LogP) is 27.8. The third kappa shape index (κ3) is 9.00. The van der Waals surface area contributed by atoms with Crippen LogP contribution >= 0.6 is 0 Å². The average molecular weight is 1290 g/mol. The van der Waals surface area contributed by atoms with Crippen LogP contribution in [0.25, 0.3) is 207 Å². The van der Waals surface area contributed by atoms with Crippen molar-refractivity contribution in [3.8, 4) is 55.9 Å². The van der Waals surface area contributed by atoms with Gasteiger partial charge < -0.3 is 9.13 Å². The fraction of sp³-hybridized carbons (Fsp3) is 0. The highest BCUT2D eigenvalue weighted by atomic mass is 15.0. The first-order chi connectivity index (χ1) is 50.6. The van der Waals surface area contributed by atoms with Crippen molar-refractivity contribution in [1.29, 1.82) is 0 Å². The van der Waals surface area contributed by atoms with E-state index >= 15 is 0 Å². The molecule has 0 saturated carbocycles. The summed E-state index contributed by atoms with van der Waals surface area (Å²) in [4.78, 5) is 0. The van der Waals surface area contributed by atoms with Gasteiger partial charge in [0.05, 0.1) is 22.1 Å². The summed E-state index contributed by atoms with van der Waals surface area (Å²) in [7, 11) is 0. The van der Waals surface area contributed by atoms with Crippen LogP contribution < -0.4 is 0 Å². The summed E-state index contributed by atoms with van der Waals surface area (Å²) in [5.41, 5.74) is 17.0. The first-order valence-corrected chi connectivity index (χ1v) is 35.4. The lowest BCUT2D eigenvalue weighted by Crippen LogP contribution is -1.93. The largest absolute Gasteiger partial charge is 0.309 e. The first-order valence-electron chi connectivity index (χ1n) is 35.4. The standard InChI is InChI=1S/2C50H31N/c1-2-13-36(14-3-1)51-47-21-11-10-18-40(47)41-28-27-35(30-48(41)51)32-22-24-34(25-23-32)45-31-46-39-17-7-9-20-43(39)49-37-15-5-4-12-33(37)26-29-44(49)50(46)42-19-8-6-16-38(42)45;1-2-14-37(15-3-1)51-48-21-11-10-19-41(48)42-27-26-36(30-49(42)51)32-22-24-33(25-23-32)44-31-47-39-17-7-6-16-38(39)45-28-34-12-4-5-13-35(34)29-46(45)50(47)43-20-9-8-18-40(43)44/h2*1-31H. The second-order valence-electron chi connectivity index (χ2n) is 27.3. The van der Waals surface area contributed by atoms with Crippen molar-refractivity contribution < 1.29 is 0 Å². The quantitative estimate of drug-likeness (QED) is 0.116. The van der Waals surface area contributed by atoms with Crippen LogP contribution in [0.5, 0.6) is 0 Å². The Bertz CT molecular complexity index is 6910. The van der Waals surface area contributed by atoms with E-state index in [1.807, 2.05) is 0 Å². The Balaban J connectivity index is 0.000000133.